The Morgan fingerprint density at radius 3 is 2.45 bits per heavy atom. The molecule has 1 N–H and O–H groups in total. The van der Waals surface area contributed by atoms with Crippen molar-refractivity contribution in [2.45, 2.75) is 19.4 Å². The first kappa shape index (κ1) is 15.5. The zero-order chi connectivity index (χ0) is 14.7. The quantitative estimate of drug-likeness (QED) is 0.799. The molecule has 0 fully saturated rings. The Morgan fingerprint density at radius 1 is 1.10 bits per heavy atom. The second kappa shape index (κ2) is 6.74. The molecule has 0 aliphatic rings. The van der Waals surface area contributed by atoms with Gasteiger partial charge in [0.15, 0.2) is 0 Å². The van der Waals surface area contributed by atoms with Crippen LogP contribution in [0.15, 0.2) is 45.3 Å². The maximum Gasteiger partial charge on any atom is 0.133 e. The van der Waals surface area contributed by atoms with Crippen molar-refractivity contribution in [3.63, 3.8) is 0 Å². The molecule has 2 rings (SSSR count). The predicted octanol–water partition coefficient (Wildman–Crippen LogP) is 4.80. The summed E-state index contributed by atoms with van der Waals surface area (Å²) in [5.74, 6) is 0.793. The normalized spacial score (nSPS) is 12.2. The molecular formula is C16H16Br2O2. The smallest absolute Gasteiger partial charge is 0.133 e. The van der Waals surface area contributed by atoms with Crippen LogP contribution in [-0.4, -0.2) is 12.2 Å². The summed E-state index contributed by atoms with van der Waals surface area (Å²) in [6.07, 6.45) is 0.0464. The second-order valence-electron chi connectivity index (χ2n) is 4.70. The van der Waals surface area contributed by atoms with Crippen molar-refractivity contribution in [1.82, 2.24) is 0 Å². The molecule has 2 aromatic carbocycles. The van der Waals surface area contributed by atoms with E-state index in [1.807, 2.05) is 43.3 Å². The van der Waals surface area contributed by atoms with Gasteiger partial charge in [-0.15, -0.1) is 0 Å². The zero-order valence-corrected chi connectivity index (χ0v) is 14.5. The number of ether oxygens (including phenoxy) is 1. The zero-order valence-electron chi connectivity index (χ0n) is 11.4. The SMILES string of the molecule is COc1ccc(CC(O)c2ccc(C)c(Br)c2)cc1Br. The van der Waals surface area contributed by atoms with E-state index in [1.54, 1.807) is 7.11 Å². The van der Waals surface area contributed by atoms with Crippen LogP contribution in [0.1, 0.15) is 22.8 Å². The molecule has 0 aromatic heterocycles. The first-order valence-corrected chi connectivity index (χ1v) is 7.86. The van der Waals surface area contributed by atoms with E-state index in [0.29, 0.717) is 6.42 Å². The summed E-state index contributed by atoms with van der Waals surface area (Å²) >= 11 is 6.96. The molecule has 2 nitrogen and oxygen atoms in total. The Labute approximate surface area is 136 Å². The van der Waals surface area contributed by atoms with E-state index in [9.17, 15) is 5.11 Å². The fourth-order valence-electron chi connectivity index (χ4n) is 1.99. The number of rotatable bonds is 4. The maximum absolute atomic E-state index is 10.3. The van der Waals surface area contributed by atoms with Gasteiger partial charge in [-0.25, -0.2) is 0 Å². The monoisotopic (exact) mass is 398 g/mol. The van der Waals surface area contributed by atoms with Crippen molar-refractivity contribution >= 4 is 31.9 Å². The third kappa shape index (κ3) is 3.62. The Hall–Kier alpha value is -0.840. The van der Waals surface area contributed by atoms with E-state index >= 15 is 0 Å². The molecule has 106 valence electrons. The van der Waals surface area contributed by atoms with Gasteiger partial charge in [0.25, 0.3) is 0 Å². The highest BCUT2D eigenvalue weighted by Crippen LogP contribution is 2.29. The lowest BCUT2D eigenvalue weighted by atomic mass is 10.0. The molecule has 0 amide bonds. The van der Waals surface area contributed by atoms with Crippen LogP contribution in [0.5, 0.6) is 5.75 Å². The number of benzene rings is 2. The summed E-state index contributed by atoms with van der Waals surface area (Å²) in [7, 11) is 1.64. The van der Waals surface area contributed by atoms with Gasteiger partial charge in [0.2, 0.25) is 0 Å². The van der Waals surface area contributed by atoms with E-state index < -0.39 is 6.10 Å². The van der Waals surface area contributed by atoms with Crippen LogP contribution < -0.4 is 4.74 Å². The molecule has 0 bridgehead atoms. The summed E-state index contributed by atoms with van der Waals surface area (Å²) in [5.41, 5.74) is 3.13. The molecule has 0 saturated carbocycles. The lowest BCUT2D eigenvalue weighted by molar-refractivity contribution is 0.178. The summed E-state index contributed by atoms with van der Waals surface area (Å²) < 4.78 is 7.12. The minimum atomic E-state index is -0.521. The largest absolute Gasteiger partial charge is 0.496 e. The minimum Gasteiger partial charge on any atom is -0.496 e. The summed E-state index contributed by atoms with van der Waals surface area (Å²) in [6.45, 7) is 2.03. The molecule has 0 heterocycles. The van der Waals surface area contributed by atoms with E-state index in [4.69, 9.17) is 4.74 Å². The third-order valence-electron chi connectivity index (χ3n) is 3.23. The molecule has 0 radical (unpaired) electrons. The van der Waals surface area contributed by atoms with Crippen molar-refractivity contribution < 1.29 is 9.84 Å². The van der Waals surface area contributed by atoms with Crippen molar-refractivity contribution in [2.75, 3.05) is 7.11 Å². The molecule has 0 aliphatic heterocycles. The van der Waals surface area contributed by atoms with Gasteiger partial charge in [-0.3, -0.25) is 0 Å². The Morgan fingerprint density at radius 2 is 1.85 bits per heavy atom. The Kier molecular flexibility index (Phi) is 5.24. The highest BCUT2D eigenvalue weighted by Gasteiger charge is 2.11. The van der Waals surface area contributed by atoms with Gasteiger partial charge in [-0.05, 0) is 57.7 Å². The Balaban J connectivity index is 2.16. The van der Waals surface area contributed by atoms with Crippen LogP contribution >= 0.6 is 31.9 Å². The summed E-state index contributed by atoms with van der Waals surface area (Å²) in [6, 6.07) is 11.8. The van der Waals surface area contributed by atoms with Crippen molar-refractivity contribution in [1.29, 1.82) is 0 Å². The number of methoxy groups -OCH3 is 1. The van der Waals surface area contributed by atoms with E-state index in [-0.39, 0.29) is 0 Å². The molecule has 2 aromatic rings. The number of hydrogen-bond acceptors (Lipinski definition) is 2. The lowest BCUT2D eigenvalue weighted by Gasteiger charge is -2.13. The van der Waals surface area contributed by atoms with Crippen molar-refractivity contribution in [2.24, 2.45) is 0 Å². The summed E-state index contributed by atoms with van der Waals surface area (Å²) in [5, 5.41) is 10.3. The highest BCUT2D eigenvalue weighted by molar-refractivity contribution is 9.10. The van der Waals surface area contributed by atoms with Crippen LogP contribution in [0.3, 0.4) is 0 Å². The molecule has 1 unspecified atom stereocenters. The average Bonchev–Trinajstić information content (AvgIpc) is 2.42. The molecule has 4 heteroatoms. The highest BCUT2D eigenvalue weighted by atomic mass is 79.9. The second-order valence-corrected chi connectivity index (χ2v) is 6.41. The van der Waals surface area contributed by atoms with Gasteiger partial charge in [-0.1, -0.05) is 34.1 Å². The standard InChI is InChI=1S/C16H16Br2O2/c1-10-3-5-12(9-13(10)17)15(19)8-11-4-6-16(20-2)14(18)7-11/h3-7,9,15,19H,8H2,1-2H3. The fourth-order valence-corrected chi connectivity index (χ4v) is 2.98. The molecular weight excluding hydrogens is 384 g/mol. The summed E-state index contributed by atoms with van der Waals surface area (Å²) in [4.78, 5) is 0. The van der Waals surface area contributed by atoms with Crippen molar-refractivity contribution in [3.05, 3.63) is 62.0 Å². The maximum atomic E-state index is 10.3. The van der Waals surface area contributed by atoms with Gasteiger partial charge in [0, 0.05) is 10.9 Å². The van der Waals surface area contributed by atoms with Gasteiger partial charge in [0.1, 0.15) is 5.75 Å². The number of aryl methyl sites for hydroxylation is 1. The Bertz CT molecular complexity index is 611. The number of hydrogen-bond donors (Lipinski definition) is 1. The van der Waals surface area contributed by atoms with Gasteiger partial charge < -0.3 is 9.84 Å². The average molecular weight is 400 g/mol. The van der Waals surface area contributed by atoms with Crippen LogP contribution in [0.2, 0.25) is 0 Å². The molecule has 1 atom stereocenters. The third-order valence-corrected chi connectivity index (χ3v) is 4.70. The molecule has 0 spiro atoms. The topological polar surface area (TPSA) is 29.5 Å². The molecule has 0 aliphatic carbocycles. The van der Waals surface area contributed by atoms with E-state index in [1.165, 1.54) is 0 Å². The number of aliphatic hydroxyl groups excluding tert-OH is 1. The first-order chi connectivity index (χ1) is 9.51. The van der Waals surface area contributed by atoms with Crippen LogP contribution in [0.25, 0.3) is 0 Å². The fraction of sp³-hybridized carbons (Fsp3) is 0.250. The molecule has 0 saturated heterocycles. The predicted molar refractivity (Wildman–Crippen MR) is 88.2 cm³/mol. The van der Waals surface area contributed by atoms with Gasteiger partial charge in [0.05, 0.1) is 17.7 Å². The first-order valence-electron chi connectivity index (χ1n) is 6.28. The lowest BCUT2D eigenvalue weighted by Crippen LogP contribution is -2.02. The minimum absolute atomic E-state index is 0.521. The van der Waals surface area contributed by atoms with Crippen LogP contribution in [0.4, 0.5) is 0 Å². The van der Waals surface area contributed by atoms with Gasteiger partial charge in [-0.2, -0.15) is 0 Å². The van der Waals surface area contributed by atoms with Crippen LogP contribution in [0, 0.1) is 6.92 Å². The van der Waals surface area contributed by atoms with E-state index in [2.05, 4.69) is 31.9 Å². The van der Waals surface area contributed by atoms with Crippen LogP contribution in [-0.2, 0) is 6.42 Å². The van der Waals surface area contributed by atoms with Gasteiger partial charge >= 0.3 is 0 Å². The van der Waals surface area contributed by atoms with Crippen molar-refractivity contribution in [3.8, 4) is 5.75 Å². The number of aliphatic hydroxyl groups is 1. The number of halogens is 2. The molecule has 20 heavy (non-hydrogen) atoms. The van der Waals surface area contributed by atoms with E-state index in [0.717, 1.165) is 31.4 Å².